The van der Waals surface area contributed by atoms with Crippen LogP contribution in [-0.4, -0.2) is 153 Å². The number of anilines is 4. The normalized spacial score (nSPS) is 17.8. The Balaban J connectivity index is 0.000000206. The van der Waals surface area contributed by atoms with Crippen molar-refractivity contribution >= 4 is 46.4 Å². The van der Waals surface area contributed by atoms with E-state index in [0.29, 0.717) is 109 Å². The van der Waals surface area contributed by atoms with Gasteiger partial charge in [0.25, 0.3) is 23.6 Å². The molecule has 0 radical (unpaired) electrons. The van der Waals surface area contributed by atoms with E-state index in [2.05, 4.69) is 20.6 Å². The van der Waals surface area contributed by atoms with Crippen LogP contribution >= 0.6 is 0 Å². The minimum absolute atomic E-state index is 0.153. The molecular formula is C50H62F2N8O10. The van der Waals surface area contributed by atoms with E-state index in [1.54, 1.807) is 74.5 Å². The zero-order valence-electron chi connectivity index (χ0n) is 40.2. The number of fused-ring (bicyclic) bond motifs is 2. The summed E-state index contributed by atoms with van der Waals surface area (Å²) in [4.78, 5) is 67.5. The third-order valence-electron chi connectivity index (χ3n) is 12.6. The van der Waals surface area contributed by atoms with Crippen LogP contribution in [0.15, 0.2) is 60.7 Å². The van der Waals surface area contributed by atoms with Crippen molar-refractivity contribution < 1.29 is 57.9 Å². The molecule has 0 aliphatic carbocycles. The van der Waals surface area contributed by atoms with Crippen molar-refractivity contribution in [2.45, 2.75) is 90.4 Å². The van der Waals surface area contributed by atoms with E-state index < -0.39 is 47.6 Å². The minimum atomic E-state index is -1.61. The topological polar surface area (TPSA) is 230 Å². The van der Waals surface area contributed by atoms with Gasteiger partial charge in [0, 0.05) is 50.4 Å². The van der Waals surface area contributed by atoms with Gasteiger partial charge < -0.3 is 60.1 Å². The fourth-order valence-electron chi connectivity index (χ4n) is 8.28. The number of halogens is 2. The van der Waals surface area contributed by atoms with Gasteiger partial charge in [0.05, 0.1) is 97.1 Å². The van der Waals surface area contributed by atoms with E-state index >= 15 is 0 Å². The third kappa shape index (κ3) is 12.0. The molecule has 4 aliphatic heterocycles. The molecule has 6 heterocycles. The maximum Gasteiger partial charge on any atom is 0.274 e. The zero-order valence-corrected chi connectivity index (χ0v) is 40.2. The van der Waals surface area contributed by atoms with Crippen LogP contribution < -0.4 is 20.4 Å². The van der Waals surface area contributed by atoms with Gasteiger partial charge in [-0.25, -0.2) is 18.7 Å². The van der Waals surface area contributed by atoms with Crippen LogP contribution in [-0.2, 0) is 22.6 Å². The molecule has 2 aromatic carbocycles. The second-order valence-electron chi connectivity index (χ2n) is 19.0. The number of alkyl halides is 2. The van der Waals surface area contributed by atoms with Gasteiger partial charge in [-0.15, -0.1) is 0 Å². The molecule has 4 atom stereocenters. The molecule has 8 rings (SSSR count). The second kappa shape index (κ2) is 21.5. The zero-order chi connectivity index (χ0) is 50.7. The Kier molecular flexibility index (Phi) is 15.8. The minimum Gasteiger partial charge on any atom is -0.387 e. The number of carbonyl (C=O) groups excluding carboxylic acids is 4. The first kappa shape index (κ1) is 51.7. The smallest absolute Gasteiger partial charge is 0.274 e. The lowest BCUT2D eigenvalue weighted by Crippen LogP contribution is -2.42. The molecule has 4 aromatic rings. The third-order valence-corrected chi connectivity index (χ3v) is 12.6. The number of nitrogens with zero attached hydrogens (tertiary/aromatic N) is 6. The van der Waals surface area contributed by atoms with Crippen LogP contribution in [0.25, 0.3) is 0 Å². The Hall–Kier alpha value is -6.16. The summed E-state index contributed by atoms with van der Waals surface area (Å²) in [5.41, 5.74) is 2.50. The highest BCUT2D eigenvalue weighted by Gasteiger charge is 2.38. The average molecular weight is 973 g/mol. The van der Waals surface area contributed by atoms with Gasteiger partial charge in [-0.05, 0) is 101 Å². The lowest BCUT2D eigenvalue weighted by Gasteiger charge is -2.31. The van der Waals surface area contributed by atoms with E-state index in [1.165, 1.54) is 37.5 Å². The highest BCUT2D eigenvalue weighted by atomic mass is 19.1. The van der Waals surface area contributed by atoms with Gasteiger partial charge in [0.1, 0.15) is 23.7 Å². The summed E-state index contributed by atoms with van der Waals surface area (Å²) < 4.78 is 39.9. The summed E-state index contributed by atoms with van der Waals surface area (Å²) in [6.07, 6.45) is -4.84. The molecular weight excluding hydrogens is 911 g/mol. The van der Waals surface area contributed by atoms with E-state index in [-0.39, 0.29) is 49.4 Å². The second-order valence-corrected chi connectivity index (χ2v) is 19.0. The van der Waals surface area contributed by atoms with E-state index in [0.717, 1.165) is 0 Å². The fourth-order valence-corrected chi connectivity index (χ4v) is 8.28. The standard InChI is InChI=1S/2C25H31FN4O5/c2*1-15(31)18-5-4-6-19(27-18)23(32)28-20-11-16-13-30(14-22(26)25(2,3)34)24(33)17(16)12-21(20)29-7-9-35-10-8-29/h2*4-6,11-12,15,22,31,34H,7-10,13-14H2,1-3H3,(H,28,32)/t15-,22+;15-,22-/m01/s1. The summed E-state index contributed by atoms with van der Waals surface area (Å²) in [5.74, 6) is -1.53. The first-order valence-electron chi connectivity index (χ1n) is 23.3. The Bertz CT molecular complexity index is 2400. The molecule has 376 valence electrons. The predicted octanol–water partition coefficient (Wildman–Crippen LogP) is 4.58. The number of nitrogens with one attached hydrogen (secondary N) is 2. The number of morpholine rings is 2. The molecule has 20 heteroatoms. The number of aromatic nitrogens is 2. The number of pyridine rings is 2. The lowest BCUT2D eigenvalue weighted by molar-refractivity contribution is -0.0163. The summed E-state index contributed by atoms with van der Waals surface area (Å²) >= 11 is 0. The van der Waals surface area contributed by atoms with Crippen molar-refractivity contribution in [3.63, 3.8) is 0 Å². The van der Waals surface area contributed by atoms with Crippen molar-refractivity contribution in [3.8, 4) is 0 Å². The maximum absolute atomic E-state index is 14.5. The molecule has 4 amide bonds. The summed E-state index contributed by atoms with van der Waals surface area (Å²) in [6.45, 7) is 12.9. The first-order chi connectivity index (χ1) is 33.1. The van der Waals surface area contributed by atoms with Crippen molar-refractivity contribution in [3.05, 3.63) is 106 Å². The maximum atomic E-state index is 14.5. The van der Waals surface area contributed by atoms with E-state index in [9.17, 15) is 48.4 Å². The molecule has 0 spiro atoms. The average Bonchev–Trinajstić information content (AvgIpc) is 3.80. The summed E-state index contributed by atoms with van der Waals surface area (Å²) in [5, 5.41) is 45.4. The molecule has 2 aromatic heterocycles. The van der Waals surface area contributed by atoms with E-state index in [1.807, 2.05) is 9.80 Å². The Morgan fingerprint density at radius 2 is 1.00 bits per heavy atom. The summed E-state index contributed by atoms with van der Waals surface area (Å²) in [7, 11) is 0. The number of amides is 4. The van der Waals surface area contributed by atoms with Crippen molar-refractivity contribution in [1.29, 1.82) is 0 Å². The van der Waals surface area contributed by atoms with Crippen LogP contribution in [0.1, 0.15) is 118 Å². The van der Waals surface area contributed by atoms with Gasteiger partial charge in [-0.3, -0.25) is 19.2 Å². The number of hydrogen-bond donors (Lipinski definition) is 6. The number of hydrogen-bond acceptors (Lipinski definition) is 14. The van der Waals surface area contributed by atoms with Gasteiger partial charge in [-0.1, -0.05) is 12.1 Å². The Morgan fingerprint density at radius 1 is 0.643 bits per heavy atom. The molecule has 0 bridgehead atoms. The van der Waals surface area contributed by atoms with Crippen LogP contribution in [0.5, 0.6) is 0 Å². The number of rotatable bonds is 14. The molecule has 2 fully saturated rings. The number of ether oxygens (including phenoxy) is 2. The molecule has 0 saturated carbocycles. The van der Waals surface area contributed by atoms with E-state index in [4.69, 9.17) is 9.47 Å². The van der Waals surface area contributed by atoms with Crippen molar-refractivity contribution in [2.75, 3.05) is 86.1 Å². The molecule has 4 aliphatic rings. The van der Waals surface area contributed by atoms with Crippen molar-refractivity contribution in [2.24, 2.45) is 0 Å². The molecule has 0 unspecified atom stereocenters. The Morgan fingerprint density at radius 3 is 1.33 bits per heavy atom. The van der Waals surface area contributed by atoms with Gasteiger partial charge in [0.2, 0.25) is 0 Å². The van der Waals surface area contributed by atoms with Crippen LogP contribution in [0.3, 0.4) is 0 Å². The fraction of sp³-hybridized carbons (Fsp3) is 0.480. The number of aliphatic hydroxyl groups is 4. The number of aliphatic hydroxyl groups excluding tert-OH is 2. The van der Waals surface area contributed by atoms with Gasteiger partial charge in [-0.2, -0.15) is 0 Å². The molecule has 18 nitrogen and oxygen atoms in total. The molecule has 6 N–H and O–H groups in total. The lowest BCUT2D eigenvalue weighted by atomic mass is 10.0. The number of carbonyl (C=O) groups is 4. The van der Waals surface area contributed by atoms with Crippen molar-refractivity contribution in [1.82, 2.24) is 19.8 Å². The molecule has 2 saturated heterocycles. The van der Waals surface area contributed by atoms with Crippen LogP contribution in [0, 0.1) is 0 Å². The Labute approximate surface area is 405 Å². The summed E-state index contributed by atoms with van der Waals surface area (Å²) in [6, 6.07) is 16.7. The SMILES string of the molecule is C[C@@H](O)c1cccc(C(=O)Nc2cc3c(cc2N2CCOCC2)C(=O)N(C[C@@H](F)C(C)(C)O)C3)n1.C[C@H](O)c1cccc(C(=O)Nc2cc3c(cc2N2CCOCC2)C(=O)N(C[C@@H](F)C(C)(C)O)C3)n1. The largest absolute Gasteiger partial charge is 0.387 e. The van der Waals surface area contributed by atoms with Gasteiger partial charge in [0.15, 0.2) is 0 Å². The predicted molar refractivity (Wildman–Crippen MR) is 256 cm³/mol. The van der Waals surface area contributed by atoms with Crippen LogP contribution in [0.2, 0.25) is 0 Å². The number of benzene rings is 2. The quantitative estimate of drug-likeness (QED) is 0.102. The highest BCUT2D eigenvalue weighted by molar-refractivity contribution is 6.08. The molecule has 70 heavy (non-hydrogen) atoms. The monoisotopic (exact) mass is 972 g/mol. The highest BCUT2D eigenvalue weighted by Crippen LogP contribution is 2.38. The van der Waals surface area contributed by atoms with Crippen LogP contribution in [0.4, 0.5) is 31.5 Å². The first-order valence-corrected chi connectivity index (χ1v) is 23.3. The van der Waals surface area contributed by atoms with Gasteiger partial charge >= 0.3 is 0 Å².